The average molecular weight is 316 g/mol. The molecule has 0 radical (unpaired) electrons. The number of aliphatic hydroxyl groups excluding tert-OH is 1. The SMILES string of the molecule is CCC(=Nc1ccc([N+](=O)[O-])cc1)C1=C(O)CC(C)(C)CC1=O. The lowest BCUT2D eigenvalue weighted by Crippen LogP contribution is -2.29. The van der Waals surface area contributed by atoms with Gasteiger partial charge in [-0.25, -0.2) is 0 Å². The summed E-state index contributed by atoms with van der Waals surface area (Å²) in [5.74, 6) is -0.0324. The molecule has 0 fully saturated rings. The fraction of sp³-hybridized carbons (Fsp3) is 0.412. The standard InChI is InChI=1S/C17H20N2O4/c1-4-13(16-14(20)9-17(2,3)10-15(16)21)18-11-5-7-12(8-6-11)19(22)23/h5-8,20H,4,9-10H2,1-3H3. The molecule has 1 aromatic rings. The number of aliphatic hydroxyl groups is 1. The number of carbonyl (C=O) groups is 1. The second-order valence-corrected chi connectivity index (χ2v) is 6.45. The van der Waals surface area contributed by atoms with Crippen LogP contribution < -0.4 is 0 Å². The van der Waals surface area contributed by atoms with Crippen molar-refractivity contribution in [1.82, 2.24) is 0 Å². The van der Waals surface area contributed by atoms with Gasteiger partial charge >= 0.3 is 0 Å². The van der Waals surface area contributed by atoms with Crippen molar-refractivity contribution in [3.05, 3.63) is 45.7 Å². The summed E-state index contributed by atoms with van der Waals surface area (Å²) >= 11 is 0. The van der Waals surface area contributed by atoms with Crippen molar-refractivity contribution < 1.29 is 14.8 Å². The molecule has 23 heavy (non-hydrogen) atoms. The summed E-state index contributed by atoms with van der Waals surface area (Å²) in [6, 6.07) is 5.80. The first-order valence-corrected chi connectivity index (χ1v) is 7.51. The van der Waals surface area contributed by atoms with Crippen LogP contribution in [0.3, 0.4) is 0 Å². The molecule has 1 aromatic carbocycles. The maximum absolute atomic E-state index is 12.4. The summed E-state index contributed by atoms with van der Waals surface area (Å²) < 4.78 is 0. The molecule has 0 saturated heterocycles. The molecule has 0 amide bonds. The Hall–Kier alpha value is -2.50. The minimum absolute atomic E-state index is 0.0143. The van der Waals surface area contributed by atoms with Crippen LogP contribution >= 0.6 is 0 Å². The van der Waals surface area contributed by atoms with Crippen LogP contribution in [-0.2, 0) is 4.79 Å². The van der Waals surface area contributed by atoms with Crippen LogP contribution in [0.1, 0.15) is 40.0 Å². The van der Waals surface area contributed by atoms with E-state index in [1.54, 1.807) is 0 Å². The zero-order valence-electron chi connectivity index (χ0n) is 13.5. The molecule has 0 spiro atoms. The van der Waals surface area contributed by atoms with Crippen molar-refractivity contribution in [2.24, 2.45) is 10.4 Å². The zero-order chi connectivity index (χ0) is 17.2. The smallest absolute Gasteiger partial charge is 0.269 e. The fourth-order valence-corrected chi connectivity index (χ4v) is 2.73. The number of carbonyl (C=O) groups excluding carboxylic acids is 1. The first-order chi connectivity index (χ1) is 10.7. The zero-order valence-corrected chi connectivity index (χ0v) is 13.5. The van der Waals surface area contributed by atoms with Crippen LogP contribution in [0.25, 0.3) is 0 Å². The molecule has 1 aliphatic rings. The first kappa shape index (κ1) is 16.9. The third-order valence-electron chi connectivity index (χ3n) is 3.80. The molecular formula is C17H20N2O4. The van der Waals surface area contributed by atoms with Gasteiger partial charge in [0.2, 0.25) is 0 Å². The van der Waals surface area contributed by atoms with E-state index in [9.17, 15) is 20.0 Å². The molecule has 6 heteroatoms. The number of benzene rings is 1. The van der Waals surface area contributed by atoms with E-state index >= 15 is 0 Å². The van der Waals surface area contributed by atoms with Gasteiger partial charge in [-0.05, 0) is 24.0 Å². The highest BCUT2D eigenvalue weighted by atomic mass is 16.6. The van der Waals surface area contributed by atoms with Crippen molar-refractivity contribution in [3.63, 3.8) is 0 Å². The van der Waals surface area contributed by atoms with E-state index in [1.165, 1.54) is 24.3 Å². The second kappa shape index (κ2) is 6.32. The molecule has 2 rings (SSSR count). The molecule has 0 atom stereocenters. The van der Waals surface area contributed by atoms with Crippen molar-refractivity contribution in [3.8, 4) is 0 Å². The van der Waals surface area contributed by atoms with Gasteiger partial charge in [0.1, 0.15) is 5.76 Å². The Kier molecular flexibility index (Phi) is 4.63. The van der Waals surface area contributed by atoms with Crippen LogP contribution in [0.2, 0.25) is 0 Å². The van der Waals surface area contributed by atoms with Gasteiger partial charge in [-0.2, -0.15) is 0 Å². The van der Waals surface area contributed by atoms with E-state index in [-0.39, 0.29) is 22.6 Å². The van der Waals surface area contributed by atoms with Crippen molar-refractivity contribution >= 4 is 22.9 Å². The Morgan fingerprint density at radius 1 is 1.30 bits per heavy atom. The molecule has 0 saturated carbocycles. The van der Waals surface area contributed by atoms with Gasteiger partial charge < -0.3 is 5.11 Å². The number of Topliss-reactive ketones (excluding diaryl/α,β-unsaturated/α-hetero) is 1. The molecule has 122 valence electrons. The third-order valence-corrected chi connectivity index (χ3v) is 3.80. The van der Waals surface area contributed by atoms with Gasteiger partial charge in [0, 0.05) is 25.0 Å². The number of nitro benzene ring substituents is 1. The van der Waals surface area contributed by atoms with E-state index in [0.29, 0.717) is 36.2 Å². The first-order valence-electron chi connectivity index (χ1n) is 7.51. The maximum atomic E-state index is 12.4. The lowest BCUT2D eigenvalue weighted by atomic mass is 9.75. The van der Waals surface area contributed by atoms with Crippen LogP contribution in [-0.4, -0.2) is 21.5 Å². The summed E-state index contributed by atoms with van der Waals surface area (Å²) in [5, 5.41) is 20.9. The second-order valence-electron chi connectivity index (χ2n) is 6.45. The Morgan fingerprint density at radius 2 is 1.91 bits per heavy atom. The minimum atomic E-state index is -0.477. The summed E-state index contributed by atoms with van der Waals surface area (Å²) in [4.78, 5) is 27.0. The number of allylic oxidation sites excluding steroid dienone is 2. The summed E-state index contributed by atoms with van der Waals surface area (Å²) in [5.41, 5.74) is 1.06. The number of nitrogens with zero attached hydrogens (tertiary/aromatic N) is 2. The lowest BCUT2D eigenvalue weighted by Gasteiger charge is -2.29. The molecule has 0 aliphatic heterocycles. The molecular weight excluding hydrogens is 296 g/mol. The molecule has 0 heterocycles. The number of rotatable bonds is 4. The predicted octanol–water partition coefficient (Wildman–Crippen LogP) is 4.28. The molecule has 0 aromatic heterocycles. The Bertz CT molecular complexity index is 700. The third kappa shape index (κ3) is 3.83. The van der Waals surface area contributed by atoms with E-state index in [1.807, 2.05) is 20.8 Å². The number of nitro groups is 1. The quantitative estimate of drug-likeness (QED) is 0.509. The monoisotopic (exact) mass is 316 g/mol. The topological polar surface area (TPSA) is 92.8 Å². The lowest BCUT2D eigenvalue weighted by molar-refractivity contribution is -0.384. The minimum Gasteiger partial charge on any atom is -0.511 e. The van der Waals surface area contributed by atoms with Crippen LogP contribution in [0.5, 0.6) is 0 Å². The Labute approximate surface area is 134 Å². The van der Waals surface area contributed by atoms with Crippen LogP contribution in [0, 0.1) is 15.5 Å². The van der Waals surface area contributed by atoms with Crippen molar-refractivity contribution in [2.75, 3.05) is 0 Å². The summed E-state index contributed by atoms with van der Waals surface area (Å²) in [6.07, 6.45) is 1.29. The van der Waals surface area contributed by atoms with E-state index < -0.39 is 4.92 Å². The summed E-state index contributed by atoms with van der Waals surface area (Å²) in [6.45, 7) is 5.74. The van der Waals surface area contributed by atoms with Crippen LogP contribution in [0.15, 0.2) is 40.6 Å². The maximum Gasteiger partial charge on any atom is 0.269 e. The molecule has 1 N–H and O–H groups in total. The number of hydrogen-bond acceptors (Lipinski definition) is 5. The van der Waals surface area contributed by atoms with Crippen molar-refractivity contribution in [1.29, 1.82) is 0 Å². The van der Waals surface area contributed by atoms with Gasteiger partial charge in [-0.3, -0.25) is 19.9 Å². The fourth-order valence-electron chi connectivity index (χ4n) is 2.73. The average Bonchev–Trinajstić information content (AvgIpc) is 2.44. The highest BCUT2D eigenvalue weighted by molar-refractivity contribution is 6.23. The van der Waals surface area contributed by atoms with E-state index in [4.69, 9.17) is 0 Å². The number of ketones is 1. The van der Waals surface area contributed by atoms with Gasteiger partial charge in [0.25, 0.3) is 5.69 Å². The molecule has 6 nitrogen and oxygen atoms in total. The number of aliphatic imine (C=N–C) groups is 1. The highest BCUT2D eigenvalue weighted by Crippen LogP contribution is 2.36. The van der Waals surface area contributed by atoms with Gasteiger partial charge in [0.15, 0.2) is 5.78 Å². The van der Waals surface area contributed by atoms with Gasteiger partial charge in [-0.1, -0.05) is 20.8 Å². The molecule has 0 unspecified atom stereocenters. The molecule has 1 aliphatic carbocycles. The largest absolute Gasteiger partial charge is 0.511 e. The van der Waals surface area contributed by atoms with Gasteiger partial charge in [0.05, 0.1) is 21.9 Å². The Balaban J connectivity index is 2.39. The van der Waals surface area contributed by atoms with E-state index in [2.05, 4.69) is 4.99 Å². The highest BCUT2D eigenvalue weighted by Gasteiger charge is 2.34. The van der Waals surface area contributed by atoms with Crippen molar-refractivity contribution in [2.45, 2.75) is 40.0 Å². The number of non-ortho nitro benzene ring substituents is 1. The van der Waals surface area contributed by atoms with Crippen LogP contribution in [0.4, 0.5) is 11.4 Å². The van der Waals surface area contributed by atoms with E-state index in [0.717, 1.165) is 0 Å². The Morgan fingerprint density at radius 3 is 2.39 bits per heavy atom. The number of hydrogen-bond donors (Lipinski definition) is 1. The molecule has 0 bridgehead atoms. The summed E-state index contributed by atoms with van der Waals surface area (Å²) in [7, 11) is 0. The normalized spacial score (nSPS) is 18.2. The van der Waals surface area contributed by atoms with Gasteiger partial charge in [-0.15, -0.1) is 0 Å². The predicted molar refractivity (Wildman–Crippen MR) is 88.2 cm³/mol.